The molecule has 0 amide bonds. The highest BCUT2D eigenvalue weighted by molar-refractivity contribution is 7.86. The van der Waals surface area contributed by atoms with Crippen molar-refractivity contribution in [1.82, 2.24) is 0 Å². The van der Waals surface area contributed by atoms with E-state index in [9.17, 15) is 26.3 Å². The van der Waals surface area contributed by atoms with Crippen molar-refractivity contribution in [3.05, 3.63) is 253 Å². The van der Waals surface area contributed by atoms with Gasteiger partial charge < -0.3 is 27.9 Å². The highest BCUT2D eigenvalue weighted by Gasteiger charge is 2.57. The molecule has 0 fully saturated rings. The van der Waals surface area contributed by atoms with Crippen LogP contribution < -0.4 is 40.6 Å². The second-order valence-electron chi connectivity index (χ2n) is 15.8. The Hall–Kier alpha value is -7.51. The van der Waals surface area contributed by atoms with Crippen molar-refractivity contribution < 1.29 is 71.0 Å². The molecule has 2 aliphatic rings. The summed E-state index contributed by atoms with van der Waals surface area (Å²) in [5, 5.41) is 0. The van der Waals surface area contributed by atoms with Crippen LogP contribution in [-0.2, 0) is 20.2 Å². The number of nitrogens with one attached hydrogen (secondary N) is 2. The highest BCUT2D eigenvalue weighted by atomic mass is 32.2. The molecule has 0 atom stereocenters. The van der Waals surface area contributed by atoms with Gasteiger partial charge in [0.1, 0.15) is 12.4 Å². The van der Waals surface area contributed by atoms with Crippen LogP contribution in [0.3, 0.4) is 0 Å². The summed E-state index contributed by atoms with van der Waals surface area (Å²) in [6.45, 7) is 0. The molecule has 0 saturated carbocycles. The fourth-order valence-electron chi connectivity index (χ4n) is 8.67. The van der Waals surface area contributed by atoms with Gasteiger partial charge in [0.2, 0.25) is 22.8 Å². The molecule has 2 N–H and O–H groups in total. The standard InChI is InChI=1S/2C24H20BN2.2CHF3O3S/c2*1-4-12-20(13-5-1)24-23-18-10-11-19-27(23)25(26-24,21-14-6-2-7-15-21)22-16-8-3-9-17-22;2*2-1(3,4)8(5,6)7/h2*1-19,26H;2*(H,5,6,7)/q2*+1;;/p-2. The van der Waals surface area contributed by atoms with Crippen LogP contribution in [0.4, 0.5) is 26.3 Å². The van der Waals surface area contributed by atoms with Crippen molar-refractivity contribution in [2.75, 3.05) is 0 Å². The largest absolute Gasteiger partial charge is 0.741 e. The van der Waals surface area contributed by atoms with E-state index < -0.39 is 44.1 Å². The predicted molar refractivity (Wildman–Crippen MR) is 253 cm³/mol. The molecule has 2 aliphatic heterocycles. The minimum Gasteiger partial charge on any atom is -0.741 e. The van der Waals surface area contributed by atoms with E-state index in [1.807, 2.05) is 0 Å². The first-order chi connectivity index (χ1) is 33.3. The molecule has 4 heterocycles. The van der Waals surface area contributed by atoms with Crippen LogP contribution in [0.25, 0.3) is 0 Å². The summed E-state index contributed by atoms with van der Waals surface area (Å²) >= 11 is 0. The van der Waals surface area contributed by atoms with Crippen LogP contribution in [0.1, 0.15) is 22.5 Å². The molecule has 6 aromatic carbocycles. The lowest BCUT2D eigenvalue weighted by Gasteiger charge is -2.22. The van der Waals surface area contributed by atoms with Gasteiger partial charge >= 0.3 is 23.8 Å². The van der Waals surface area contributed by atoms with Crippen LogP contribution in [0.5, 0.6) is 0 Å². The number of pyridine rings is 2. The zero-order valence-corrected chi connectivity index (χ0v) is 38.2. The van der Waals surface area contributed by atoms with E-state index in [1.54, 1.807) is 0 Å². The fourth-order valence-corrected chi connectivity index (χ4v) is 8.67. The predicted octanol–water partition coefficient (Wildman–Crippen LogP) is 2.12. The van der Waals surface area contributed by atoms with Gasteiger partial charge in [-0.05, 0) is 48.5 Å². The molecule has 2 aromatic heterocycles. The molecule has 20 heteroatoms. The maximum atomic E-state index is 10.7. The van der Waals surface area contributed by atoms with Gasteiger partial charge in [-0.25, -0.2) is 16.8 Å². The molecule has 356 valence electrons. The Morgan fingerprint density at radius 1 is 0.357 bits per heavy atom. The summed E-state index contributed by atoms with van der Waals surface area (Å²) in [6.07, 6.45) is 1.68. The van der Waals surface area contributed by atoms with Gasteiger partial charge in [-0.15, -0.1) is 0 Å². The molecular formula is C50H40B2F6N4O6S2. The number of fused-ring (bicyclic) bond motifs is 2. The van der Waals surface area contributed by atoms with Gasteiger partial charge in [0.25, 0.3) is 0 Å². The fraction of sp³-hybridized carbons (Fsp3) is 0.0400. The molecule has 0 unspecified atom stereocenters. The zero-order chi connectivity index (χ0) is 50.2. The lowest BCUT2D eigenvalue weighted by molar-refractivity contribution is -0.589. The van der Waals surface area contributed by atoms with Crippen molar-refractivity contribution in [1.29, 1.82) is 0 Å². The number of nitrogens with zero attached hydrogens (tertiary/aromatic N) is 2. The lowest BCUT2D eigenvalue weighted by atomic mass is 9.38. The summed E-state index contributed by atoms with van der Waals surface area (Å²) < 4.78 is 123. The first-order valence-corrected chi connectivity index (χ1v) is 24.1. The second-order valence-corrected chi connectivity index (χ2v) is 18.6. The SMILES string of the molecule is O=S(=O)([O-])C(F)(F)F.O=S(=O)([O-])C(F)(F)F.c1ccc(C2=[NH+][B-](c3ccccc3)(c3ccccc3)[n+]3ccccc32)cc1.c1ccc(C2=[NH+][B-](c3ccccc3)(c3ccccc3)[n+]3ccccc32)cc1. The first kappa shape index (κ1) is 50.4. The summed E-state index contributed by atoms with van der Waals surface area (Å²) in [4.78, 5) is 7.92. The van der Waals surface area contributed by atoms with Crippen LogP contribution in [-0.4, -0.2) is 61.2 Å². The third kappa shape index (κ3) is 10.5. The summed E-state index contributed by atoms with van der Waals surface area (Å²) in [5.41, 5.74) is 0.945. The number of aromatic nitrogens is 2. The molecule has 0 spiro atoms. The Labute approximate surface area is 400 Å². The quantitative estimate of drug-likeness (QED) is 0.113. The van der Waals surface area contributed by atoms with E-state index in [1.165, 1.54) is 55.8 Å². The average Bonchev–Trinajstić information content (AvgIpc) is 3.91. The van der Waals surface area contributed by atoms with Gasteiger partial charge in [-0.3, -0.25) is 0 Å². The smallest absolute Gasteiger partial charge is 0.597 e. The molecule has 0 bridgehead atoms. The number of hydrogen-bond acceptors (Lipinski definition) is 6. The van der Waals surface area contributed by atoms with E-state index in [-0.39, 0.29) is 0 Å². The molecule has 0 radical (unpaired) electrons. The third-order valence-corrected chi connectivity index (χ3v) is 12.8. The lowest BCUT2D eigenvalue weighted by Crippen LogP contribution is -3.06. The van der Waals surface area contributed by atoms with Crippen molar-refractivity contribution >= 4 is 66.3 Å². The summed E-state index contributed by atoms with van der Waals surface area (Å²) in [6, 6.07) is 77.0. The highest BCUT2D eigenvalue weighted by Crippen LogP contribution is 2.21. The second kappa shape index (κ2) is 20.6. The van der Waals surface area contributed by atoms with E-state index in [0.29, 0.717) is 0 Å². The van der Waals surface area contributed by atoms with E-state index >= 15 is 0 Å². The van der Waals surface area contributed by atoms with E-state index in [0.717, 1.165) is 0 Å². The van der Waals surface area contributed by atoms with E-state index in [4.69, 9.17) is 25.9 Å². The average molecular weight is 993 g/mol. The van der Waals surface area contributed by atoms with Crippen molar-refractivity contribution in [2.24, 2.45) is 0 Å². The minimum absolute atomic E-state index is 1.17. The van der Waals surface area contributed by atoms with Crippen molar-refractivity contribution in [2.45, 2.75) is 11.0 Å². The van der Waals surface area contributed by atoms with Crippen molar-refractivity contribution in [3.63, 3.8) is 0 Å². The minimum atomic E-state index is -6.09. The molecule has 70 heavy (non-hydrogen) atoms. The van der Waals surface area contributed by atoms with Gasteiger partial charge in [-0.1, -0.05) is 180 Å². The van der Waals surface area contributed by atoms with Crippen LogP contribution in [0.15, 0.2) is 231 Å². The number of rotatable bonds is 6. The van der Waals surface area contributed by atoms with Crippen molar-refractivity contribution in [3.8, 4) is 0 Å². The Balaban J connectivity index is 0.000000158. The molecule has 0 aliphatic carbocycles. The number of hydrogen-bond donors (Lipinski definition) is 2. The monoisotopic (exact) mass is 992 g/mol. The van der Waals surface area contributed by atoms with E-state index in [2.05, 4.69) is 250 Å². The van der Waals surface area contributed by atoms with Gasteiger partial charge in [-0.2, -0.15) is 26.3 Å². The van der Waals surface area contributed by atoms with Gasteiger partial charge in [0.15, 0.2) is 20.2 Å². The van der Waals surface area contributed by atoms with Gasteiger partial charge in [0, 0.05) is 23.3 Å². The van der Waals surface area contributed by atoms with Gasteiger partial charge in [0.05, 0.1) is 0 Å². The Kier molecular flexibility index (Phi) is 14.8. The number of alkyl halides is 6. The molecule has 10 rings (SSSR count). The zero-order valence-electron chi connectivity index (χ0n) is 36.5. The third-order valence-electron chi connectivity index (χ3n) is 11.7. The molecule has 0 saturated heterocycles. The number of benzene rings is 6. The van der Waals surface area contributed by atoms with Crippen LogP contribution in [0, 0.1) is 0 Å². The summed E-state index contributed by atoms with van der Waals surface area (Å²) in [7, 11) is -12.2. The van der Waals surface area contributed by atoms with Crippen LogP contribution >= 0.6 is 0 Å². The maximum absolute atomic E-state index is 10.7. The first-order valence-electron chi connectivity index (χ1n) is 21.3. The molecule has 10 nitrogen and oxygen atoms in total. The molecular weight excluding hydrogens is 952 g/mol. The Morgan fingerprint density at radius 2 is 0.571 bits per heavy atom. The normalized spacial score (nSPS) is 14.3. The van der Waals surface area contributed by atoms with Crippen LogP contribution in [0.2, 0.25) is 0 Å². The Bertz CT molecular complexity index is 3040. The Morgan fingerprint density at radius 3 is 0.800 bits per heavy atom. The number of halogens is 6. The summed E-state index contributed by atoms with van der Waals surface area (Å²) in [5.74, 6) is 0. The maximum Gasteiger partial charge on any atom is 0.597 e. The molecule has 8 aromatic rings. The topological polar surface area (TPSA) is 150 Å².